The molecule has 1 aromatic carbocycles. The summed E-state index contributed by atoms with van der Waals surface area (Å²) in [5, 5.41) is 21.8. The lowest BCUT2D eigenvalue weighted by Crippen LogP contribution is -2.25. The minimum atomic E-state index is -4.88. The summed E-state index contributed by atoms with van der Waals surface area (Å²) in [6, 6.07) is 2.16. The third-order valence-corrected chi connectivity index (χ3v) is 2.35. The third-order valence-electron chi connectivity index (χ3n) is 2.35. The van der Waals surface area contributed by atoms with Gasteiger partial charge in [0.25, 0.3) is 0 Å². The van der Waals surface area contributed by atoms with Crippen molar-refractivity contribution in [2.24, 2.45) is 5.11 Å². The molecule has 0 aliphatic carbocycles. The summed E-state index contributed by atoms with van der Waals surface area (Å²) >= 11 is 0. The number of halogens is 4. The van der Waals surface area contributed by atoms with Crippen LogP contribution in [-0.4, -0.2) is 22.9 Å². The maximum absolute atomic E-state index is 13.4. The molecule has 0 saturated heterocycles. The zero-order valence-electron chi connectivity index (χ0n) is 9.34. The van der Waals surface area contributed by atoms with E-state index in [1.54, 1.807) is 0 Å². The maximum Gasteiger partial charge on any atom is 0.416 e. The highest BCUT2D eigenvalue weighted by Gasteiger charge is 2.37. The lowest BCUT2D eigenvalue weighted by molar-refractivity contribution is -0.140. The Hall–Kier alpha value is -1.83. The molecule has 2 atom stereocenters. The molecule has 0 saturated carbocycles. The van der Waals surface area contributed by atoms with Crippen molar-refractivity contribution < 1.29 is 27.8 Å². The number of aliphatic hydroxyl groups is 2. The van der Waals surface area contributed by atoms with E-state index in [-0.39, 0.29) is 0 Å². The second-order valence-electron chi connectivity index (χ2n) is 3.62. The zero-order valence-corrected chi connectivity index (χ0v) is 9.34. The van der Waals surface area contributed by atoms with Crippen LogP contribution in [0.3, 0.4) is 0 Å². The Morgan fingerprint density at radius 3 is 2.47 bits per heavy atom. The predicted molar refractivity (Wildman–Crippen MR) is 56.4 cm³/mol. The van der Waals surface area contributed by atoms with Crippen molar-refractivity contribution in [3.63, 3.8) is 0 Å². The Morgan fingerprint density at radius 2 is 1.95 bits per heavy atom. The van der Waals surface area contributed by atoms with Crippen LogP contribution >= 0.6 is 0 Å². The Kier molecular flexibility index (Phi) is 4.71. The first kappa shape index (κ1) is 15.2. The first-order chi connectivity index (χ1) is 8.79. The third kappa shape index (κ3) is 3.57. The van der Waals surface area contributed by atoms with Crippen LogP contribution in [0.15, 0.2) is 23.3 Å². The van der Waals surface area contributed by atoms with E-state index < -0.39 is 41.9 Å². The van der Waals surface area contributed by atoms with Gasteiger partial charge in [0.1, 0.15) is 11.9 Å². The van der Waals surface area contributed by atoms with Gasteiger partial charge in [-0.2, -0.15) is 13.2 Å². The molecular formula is C10H9F4N3O2. The molecule has 1 rings (SSSR count). The van der Waals surface area contributed by atoms with E-state index in [2.05, 4.69) is 10.0 Å². The number of alkyl halides is 3. The lowest BCUT2D eigenvalue weighted by atomic mass is 9.97. The molecule has 0 aromatic heterocycles. The van der Waals surface area contributed by atoms with Gasteiger partial charge in [-0.05, 0) is 17.7 Å². The van der Waals surface area contributed by atoms with E-state index >= 15 is 0 Å². The van der Waals surface area contributed by atoms with Crippen molar-refractivity contribution in [1.29, 1.82) is 0 Å². The van der Waals surface area contributed by atoms with Crippen molar-refractivity contribution in [2.75, 3.05) is 6.54 Å². The molecule has 0 bridgehead atoms. The van der Waals surface area contributed by atoms with Gasteiger partial charge in [0.15, 0.2) is 0 Å². The van der Waals surface area contributed by atoms with Gasteiger partial charge in [-0.3, -0.25) is 0 Å². The van der Waals surface area contributed by atoms with Crippen molar-refractivity contribution in [2.45, 2.75) is 18.4 Å². The molecule has 0 heterocycles. The van der Waals surface area contributed by atoms with Crippen LogP contribution < -0.4 is 0 Å². The van der Waals surface area contributed by atoms with E-state index in [1.807, 2.05) is 0 Å². The molecule has 2 unspecified atom stereocenters. The summed E-state index contributed by atoms with van der Waals surface area (Å²) < 4.78 is 51.4. The summed E-state index contributed by atoms with van der Waals surface area (Å²) in [4.78, 5) is 2.28. The zero-order chi connectivity index (χ0) is 14.6. The van der Waals surface area contributed by atoms with Crippen molar-refractivity contribution in [3.05, 3.63) is 45.6 Å². The molecule has 9 heteroatoms. The molecule has 19 heavy (non-hydrogen) atoms. The number of hydrogen-bond donors (Lipinski definition) is 2. The largest absolute Gasteiger partial charge is 0.416 e. The van der Waals surface area contributed by atoms with Crippen LogP contribution in [0.5, 0.6) is 0 Å². The molecule has 2 N–H and O–H groups in total. The topological polar surface area (TPSA) is 89.2 Å². The molecule has 0 spiro atoms. The Labute approximate surface area is 104 Å². The molecule has 0 aliphatic rings. The standard InChI is InChI=1S/C10H9F4N3O2/c11-6-3-1-2-5(10(12,13)14)8(6)9(19)7(18)4-16-17-15/h1-3,7,9,18-19H,4H2. The Bertz CT molecular complexity index is 500. The van der Waals surface area contributed by atoms with E-state index in [0.29, 0.717) is 6.07 Å². The van der Waals surface area contributed by atoms with E-state index in [4.69, 9.17) is 5.53 Å². The van der Waals surface area contributed by atoms with E-state index in [0.717, 1.165) is 12.1 Å². The predicted octanol–water partition coefficient (Wildman–Crippen LogP) is 2.55. The smallest absolute Gasteiger partial charge is 0.390 e. The lowest BCUT2D eigenvalue weighted by Gasteiger charge is -2.21. The fourth-order valence-electron chi connectivity index (χ4n) is 1.50. The average Bonchev–Trinajstić information content (AvgIpc) is 2.33. The average molecular weight is 279 g/mol. The van der Waals surface area contributed by atoms with Crippen LogP contribution in [0.1, 0.15) is 17.2 Å². The Balaban J connectivity index is 3.21. The minimum absolute atomic E-state index is 0.585. The first-order valence-electron chi connectivity index (χ1n) is 5.01. The van der Waals surface area contributed by atoms with Gasteiger partial charge in [0.05, 0.1) is 18.2 Å². The second-order valence-corrected chi connectivity index (χ2v) is 3.62. The molecule has 104 valence electrons. The summed E-state index contributed by atoms with van der Waals surface area (Å²) in [6.45, 7) is -0.677. The van der Waals surface area contributed by atoms with E-state index in [9.17, 15) is 27.8 Å². The van der Waals surface area contributed by atoms with Gasteiger partial charge in [0.2, 0.25) is 0 Å². The van der Waals surface area contributed by atoms with Crippen LogP contribution in [0.4, 0.5) is 17.6 Å². The van der Waals surface area contributed by atoms with Crippen LogP contribution in [0.2, 0.25) is 0 Å². The molecule has 0 radical (unpaired) electrons. The van der Waals surface area contributed by atoms with Gasteiger partial charge in [-0.15, -0.1) is 0 Å². The van der Waals surface area contributed by atoms with Gasteiger partial charge in [0, 0.05) is 10.5 Å². The number of nitrogens with zero attached hydrogens (tertiary/aromatic N) is 3. The normalized spacial score (nSPS) is 14.6. The highest BCUT2D eigenvalue weighted by Crippen LogP contribution is 2.36. The van der Waals surface area contributed by atoms with Crippen molar-refractivity contribution in [1.82, 2.24) is 0 Å². The first-order valence-corrected chi connectivity index (χ1v) is 5.01. The van der Waals surface area contributed by atoms with Gasteiger partial charge >= 0.3 is 6.18 Å². The van der Waals surface area contributed by atoms with Crippen LogP contribution in [-0.2, 0) is 6.18 Å². The maximum atomic E-state index is 13.4. The van der Waals surface area contributed by atoms with Crippen molar-refractivity contribution >= 4 is 0 Å². The van der Waals surface area contributed by atoms with Crippen LogP contribution in [0.25, 0.3) is 10.4 Å². The number of benzene rings is 1. The van der Waals surface area contributed by atoms with E-state index in [1.165, 1.54) is 0 Å². The van der Waals surface area contributed by atoms with Crippen molar-refractivity contribution in [3.8, 4) is 0 Å². The monoisotopic (exact) mass is 279 g/mol. The number of rotatable bonds is 4. The number of hydrogen-bond acceptors (Lipinski definition) is 3. The summed E-state index contributed by atoms with van der Waals surface area (Å²) in [5.41, 5.74) is 5.56. The van der Waals surface area contributed by atoms with Crippen LogP contribution in [0, 0.1) is 5.82 Å². The summed E-state index contributed by atoms with van der Waals surface area (Å²) in [5.74, 6) is -1.30. The SMILES string of the molecule is [N-]=[N+]=NCC(O)C(O)c1c(F)cccc1C(F)(F)F. The van der Waals surface area contributed by atoms with Gasteiger partial charge in [-0.25, -0.2) is 4.39 Å². The second kappa shape index (κ2) is 5.87. The molecule has 5 nitrogen and oxygen atoms in total. The summed E-state index contributed by atoms with van der Waals surface area (Å²) in [7, 11) is 0. The molecule has 0 aliphatic heterocycles. The van der Waals surface area contributed by atoms with Gasteiger partial charge in [-0.1, -0.05) is 11.2 Å². The minimum Gasteiger partial charge on any atom is -0.390 e. The Morgan fingerprint density at radius 1 is 1.32 bits per heavy atom. The quantitative estimate of drug-likeness (QED) is 0.384. The number of azide groups is 1. The molecule has 0 amide bonds. The molecule has 1 aromatic rings. The fourth-order valence-corrected chi connectivity index (χ4v) is 1.50. The van der Waals surface area contributed by atoms with Gasteiger partial charge < -0.3 is 10.2 Å². The molecular weight excluding hydrogens is 270 g/mol. The number of aliphatic hydroxyl groups excluding tert-OH is 2. The summed E-state index contributed by atoms with van der Waals surface area (Å²) in [6.07, 6.45) is -8.87. The highest BCUT2D eigenvalue weighted by molar-refractivity contribution is 5.33. The fraction of sp³-hybridized carbons (Fsp3) is 0.400. The molecule has 0 fully saturated rings. The highest BCUT2D eigenvalue weighted by atomic mass is 19.4.